The molecule has 116 valence electrons. The van der Waals surface area contributed by atoms with Crippen LogP contribution in [0.5, 0.6) is 0 Å². The normalized spacial score (nSPS) is 11.0. The highest BCUT2D eigenvalue weighted by atomic mass is 79.9. The van der Waals surface area contributed by atoms with Crippen LogP contribution in [0.1, 0.15) is 10.4 Å². The molecule has 0 bridgehead atoms. The first-order valence-electron chi connectivity index (χ1n) is 7.30. The summed E-state index contributed by atoms with van der Waals surface area (Å²) in [7, 11) is 0. The Morgan fingerprint density at radius 2 is 1.92 bits per heavy atom. The molecule has 0 saturated carbocycles. The summed E-state index contributed by atoms with van der Waals surface area (Å²) in [6.07, 6.45) is 3.51. The number of fused-ring (bicyclic) bond motifs is 2. The first-order chi connectivity index (χ1) is 11.6. The van der Waals surface area contributed by atoms with Crippen molar-refractivity contribution in [1.29, 1.82) is 0 Å². The zero-order chi connectivity index (χ0) is 16.7. The smallest absolute Gasteiger partial charge is 0.336 e. The molecule has 4 rings (SSSR count). The van der Waals surface area contributed by atoms with E-state index in [1.165, 1.54) is 0 Å². The number of hydrogen-bond acceptors (Lipinski definition) is 3. The minimum Gasteiger partial charge on any atom is -0.478 e. The van der Waals surface area contributed by atoms with Gasteiger partial charge in [-0.25, -0.2) is 9.78 Å². The molecule has 0 spiro atoms. The summed E-state index contributed by atoms with van der Waals surface area (Å²) in [5.74, 6) is -0.969. The van der Waals surface area contributed by atoms with E-state index in [-0.39, 0.29) is 5.56 Å². The van der Waals surface area contributed by atoms with Crippen LogP contribution in [0.4, 0.5) is 0 Å². The van der Waals surface area contributed by atoms with Gasteiger partial charge in [-0.2, -0.15) is 0 Å². The van der Waals surface area contributed by atoms with Crippen LogP contribution in [-0.2, 0) is 0 Å². The average Bonchev–Trinajstić information content (AvgIpc) is 2.60. The molecular weight excluding hydrogens is 368 g/mol. The van der Waals surface area contributed by atoms with Gasteiger partial charge in [-0.15, -0.1) is 0 Å². The molecule has 0 aliphatic heterocycles. The lowest BCUT2D eigenvalue weighted by molar-refractivity contribution is 0.0699. The van der Waals surface area contributed by atoms with E-state index in [9.17, 15) is 9.90 Å². The van der Waals surface area contributed by atoms with Gasteiger partial charge >= 0.3 is 5.97 Å². The maximum atomic E-state index is 11.7. The number of aromatic carboxylic acids is 1. The monoisotopic (exact) mass is 378 g/mol. The van der Waals surface area contributed by atoms with Crippen molar-refractivity contribution in [2.45, 2.75) is 0 Å². The van der Waals surface area contributed by atoms with E-state index >= 15 is 0 Å². The molecule has 4 nitrogen and oxygen atoms in total. The highest BCUT2D eigenvalue weighted by molar-refractivity contribution is 9.10. The van der Waals surface area contributed by atoms with E-state index < -0.39 is 5.97 Å². The van der Waals surface area contributed by atoms with Crippen LogP contribution in [-0.4, -0.2) is 21.0 Å². The second-order valence-corrected chi connectivity index (χ2v) is 6.34. The number of pyridine rings is 2. The number of benzene rings is 2. The van der Waals surface area contributed by atoms with E-state index in [4.69, 9.17) is 0 Å². The van der Waals surface area contributed by atoms with Gasteiger partial charge < -0.3 is 5.11 Å². The quantitative estimate of drug-likeness (QED) is 0.538. The number of halogens is 1. The van der Waals surface area contributed by atoms with Gasteiger partial charge in [-0.05, 0) is 35.7 Å². The van der Waals surface area contributed by atoms with Crippen LogP contribution < -0.4 is 0 Å². The minimum absolute atomic E-state index is 0.238. The molecule has 0 aliphatic rings. The van der Waals surface area contributed by atoms with E-state index in [1.54, 1.807) is 24.5 Å². The molecule has 1 N–H and O–H groups in total. The summed E-state index contributed by atoms with van der Waals surface area (Å²) in [6, 6.07) is 14.9. The third kappa shape index (κ3) is 2.43. The summed E-state index contributed by atoms with van der Waals surface area (Å²) in [5.41, 5.74) is 2.42. The predicted molar refractivity (Wildman–Crippen MR) is 97.1 cm³/mol. The second kappa shape index (κ2) is 5.69. The van der Waals surface area contributed by atoms with Crippen molar-refractivity contribution in [3.05, 3.63) is 71.0 Å². The number of hydrogen-bond donors (Lipinski definition) is 1. The van der Waals surface area contributed by atoms with Gasteiger partial charge in [0.2, 0.25) is 0 Å². The second-order valence-electron chi connectivity index (χ2n) is 5.42. The fourth-order valence-corrected chi connectivity index (χ4v) is 3.22. The zero-order valence-corrected chi connectivity index (χ0v) is 14.0. The van der Waals surface area contributed by atoms with Crippen molar-refractivity contribution >= 4 is 43.6 Å². The summed E-state index contributed by atoms with van der Waals surface area (Å²) in [4.78, 5) is 20.5. The van der Waals surface area contributed by atoms with Crippen LogP contribution in [0.15, 0.2) is 65.4 Å². The Hall–Kier alpha value is -2.79. The molecule has 4 aromatic rings. The summed E-state index contributed by atoms with van der Waals surface area (Å²) in [5, 5.41) is 12.2. The van der Waals surface area contributed by atoms with Crippen molar-refractivity contribution in [2.24, 2.45) is 0 Å². The Morgan fingerprint density at radius 1 is 1.04 bits per heavy atom. The third-order valence-electron chi connectivity index (χ3n) is 3.96. The van der Waals surface area contributed by atoms with E-state index in [0.29, 0.717) is 16.6 Å². The van der Waals surface area contributed by atoms with Gasteiger partial charge in [-0.3, -0.25) is 4.98 Å². The molecule has 0 saturated heterocycles. The number of rotatable bonds is 2. The minimum atomic E-state index is -0.969. The van der Waals surface area contributed by atoms with Crippen LogP contribution in [0.2, 0.25) is 0 Å². The largest absolute Gasteiger partial charge is 0.478 e. The average molecular weight is 379 g/mol. The Labute approximate surface area is 145 Å². The van der Waals surface area contributed by atoms with Crippen molar-refractivity contribution in [2.75, 3.05) is 0 Å². The molecule has 2 aromatic carbocycles. The van der Waals surface area contributed by atoms with Crippen molar-refractivity contribution in [3.63, 3.8) is 0 Å². The molecule has 0 radical (unpaired) electrons. The van der Waals surface area contributed by atoms with Gasteiger partial charge in [0.05, 0.1) is 16.8 Å². The third-order valence-corrected chi connectivity index (χ3v) is 4.45. The maximum Gasteiger partial charge on any atom is 0.336 e. The standard InChI is InChI=1S/C19H11BrN2O2/c20-12-4-5-17-15(8-12)16(19(23)24)9-18(22-17)14-3-1-2-11-10-21-7-6-13(11)14/h1-10H,(H,23,24). The highest BCUT2D eigenvalue weighted by Crippen LogP contribution is 2.31. The molecule has 0 atom stereocenters. The fraction of sp³-hybridized carbons (Fsp3) is 0. The molecule has 0 fully saturated rings. The van der Waals surface area contributed by atoms with Crippen LogP contribution in [0, 0.1) is 0 Å². The number of nitrogens with zero attached hydrogens (tertiary/aromatic N) is 2. The van der Waals surface area contributed by atoms with Gasteiger partial charge in [0.15, 0.2) is 0 Å². The lowest BCUT2D eigenvalue weighted by Gasteiger charge is -2.10. The molecule has 24 heavy (non-hydrogen) atoms. The zero-order valence-electron chi connectivity index (χ0n) is 12.4. The Kier molecular flexibility index (Phi) is 3.50. The number of carboxylic acids is 1. The van der Waals surface area contributed by atoms with Crippen molar-refractivity contribution < 1.29 is 9.90 Å². The summed E-state index contributed by atoms with van der Waals surface area (Å²) in [6.45, 7) is 0. The first kappa shape index (κ1) is 14.8. The molecule has 0 aliphatic carbocycles. The lowest BCUT2D eigenvalue weighted by atomic mass is 10.0. The highest BCUT2D eigenvalue weighted by Gasteiger charge is 2.14. The molecular formula is C19H11BrN2O2. The van der Waals surface area contributed by atoms with E-state index in [1.807, 2.05) is 36.4 Å². The van der Waals surface area contributed by atoms with Gasteiger partial charge in [0, 0.05) is 33.2 Å². The summed E-state index contributed by atoms with van der Waals surface area (Å²) < 4.78 is 0.822. The van der Waals surface area contributed by atoms with Crippen LogP contribution in [0.3, 0.4) is 0 Å². The molecule has 2 heterocycles. The van der Waals surface area contributed by atoms with Crippen LogP contribution in [0.25, 0.3) is 32.9 Å². The Balaban J connectivity index is 2.07. The number of carboxylic acid groups (broad SMARTS) is 1. The fourth-order valence-electron chi connectivity index (χ4n) is 2.86. The molecule has 5 heteroatoms. The topological polar surface area (TPSA) is 63.1 Å². The predicted octanol–water partition coefficient (Wildman–Crippen LogP) is 4.91. The molecule has 0 unspecified atom stereocenters. The van der Waals surface area contributed by atoms with Crippen molar-refractivity contribution in [1.82, 2.24) is 9.97 Å². The van der Waals surface area contributed by atoms with E-state index in [0.717, 1.165) is 20.8 Å². The Bertz CT molecular complexity index is 1100. The molecule has 0 amide bonds. The number of carbonyl (C=O) groups is 1. The van der Waals surface area contributed by atoms with Gasteiger partial charge in [-0.1, -0.05) is 34.1 Å². The van der Waals surface area contributed by atoms with Crippen LogP contribution >= 0.6 is 15.9 Å². The van der Waals surface area contributed by atoms with E-state index in [2.05, 4.69) is 25.9 Å². The SMILES string of the molecule is O=C(O)c1cc(-c2cccc3cnccc23)nc2ccc(Br)cc12. The van der Waals surface area contributed by atoms with Gasteiger partial charge in [0.1, 0.15) is 0 Å². The maximum absolute atomic E-state index is 11.7. The number of aromatic nitrogens is 2. The lowest BCUT2D eigenvalue weighted by Crippen LogP contribution is -2.00. The first-order valence-corrected chi connectivity index (χ1v) is 8.09. The Morgan fingerprint density at radius 3 is 2.75 bits per heavy atom. The molecule has 2 aromatic heterocycles. The van der Waals surface area contributed by atoms with Gasteiger partial charge in [0.25, 0.3) is 0 Å². The van der Waals surface area contributed by atoms with Crippen molar-refractivity contribution in [3.8, 4) is 11.3 Å². The summed E-state index contributed by atoms with van der Waals surface area (Å²) >= 11 is 3.38.